The van der Waals surface area contributed by atoms with Gasteiger partial charge in [0.1, 0.15) is 0 Å². The predicted octanol–water partition coefficient (Wildman–Crippen LogP) is 4.44. The third kappa shape index (κ3) is 65.6. The summed E-state index contributed by atoms with van der Waals surface area (Å²) in [7, 11) is -4.48. The van der Waals surface area contributed by atoms with Gasteiger partial charge in [0, 0.05) is 6.61 Å². The minimum Gasteiger partial charge on any atom is -0.726 e. The molecule has 0 amide bonds. The maximum atomic E-state index is 10.1. The van der Waals surface area contributed by atoms with E-state index in [9.17, 15) is 13.0 Å². The molecule has 0 aliphatic carbocycles. The summed E-state index contributed by atoms with van der Waals surface area (Å²) in [5, 5.41) is 8.57. The molecule has 0 aliphatic heterocycles. The number of aliphatic hydroxyl groups excluding tert-OH is 1. The molecule has 0 heterocycles. The summed E-state index contributed by atoms with van der Waals surface area (Å²) < 4.78 is 83.3. The number of unbranched alkanes of at least 4 members (excludes halogenated alkanes) is 18. The van der Waals surface area contributed by atoms with Gasteiger partial charge in [-0.3, -0.25) is 4.18 Å². The van der Waals surface area contributed by atoms with E-state index in [1.165, 1.54) is 103 Å². The van der Waals surface area contributed by atoms with Crippen LogP contribution in [-0.2, 0) is 57.2 Å². The van der Waals surface area contributed by atoms with Crippen molar-refractivity contribution in [3.05, 3.63) is 0 Å². The Morgan fingerprint density at radius 2 is 0.534 bits per heavy atom. The smallest absolute Gasteiger partial charge is 0.726 e. The molecular formula is C42H87NaO14S. The Balaban J connectivity index is -0.00000141. The van der Waals surface area contributed by atoms with Crippen molar-refractivity contribution in [2.75, 3.05) is 132 Å². The van der Waals surface area contributed by atoms with E-state index in [4.69, 9.17) is 47.7 Å². The number of hydrogen-bond donors (Lipinski definition) is 1. The molecule has 1 N–H and O–H groups in total. The van der Waals surface area contributed by atoms with Gasteiger partial charge in [-0.25, -0.2) is 8.42 Å². The zero-order chi connectivity index (χ0) is 41.9. The SMILES string of the molecule is CCCCCCCCCCCCOCCOCCOCCOCCOCCOCCOCCOCCOCCO.CCCCCCCCCCCCOS(=O)(=O)[O-].[Na+]. The van der Waals surface area contributed by atoms with Crippen LogP contribution in [0.2, 0.25) is 0 Å². The molecule has 0 unspecified atom stereocenters. The molecule has 0 rings (SSSR count). The van der Waals surface area contributed by atoms with Gasteiger partial charge in [-0.15, -0.1) is 0 Å². The van der Waals surface area contributed by atoms with Crippen molar-refractivity contribution in [1.29, 1.82) is 0 Å². The minimum atomic E-state index is -4.48. The topological polar surface area (TPSA) is 170 Å². The van der Waals surface area contributed by atoms with Gasteiger partial charge in [-0.1, -0.05) is 129 Å². The zero-order valence-electron chi connectivity index (χ0n) is 37.4. The van der Waals surface area contributed by atoms with Crippen LogP contribution >= 0.6 is 0 Å². The maximum Gasteiger partial charge on any atom is 1.00 e. The molecular weight excluding hydrogens is 784 g/mol. The summed E-state index contributed by atoms with van der Waals surface area (Å²) in [6, 6.07) is 0. The van der Waals surface area contributed by atoms with Crippen LogP contribution < -0.4 is 29.6 Å². The van der Waals surface area contributed by atoms with Gasteiger partial charge >= 0.3 is 29.6 Å². The first-order valence-corrected chi connectivity index (χ1v) is 23.7. The van der Waals surface area contributed by atoms with Crippen molar-refractivity contribution < 1.29 is 94.4 Å². The van der Waals surface area contributed by atoms with E-state index in [-0.39, 0.29) is 42.8 Å². The van der Waals surface area contributed by atoms with Crippen LogP contribution in [0, 0.1) is 0 Å². The molecule has 58 heavy (non-hydrogen) atoms. The second-order valence-electron chi connectivity index (χ2n) is 13.8. The number of hydrogen-bond acceptors (Lipinski definition) is 14. The molecule has 0 aromatic carbocycles. The van der Waals surface area contributed by atoms with Crippen molar-refractivity contribution in [3.63, 3.8) is 0 Å². The largest absolute Gasteiger partial charge is 1.00 e. The average molecular weight is 871 g/mol. The Labute approximate surface area is 377 Å². The van der Waals surface area contributed by atoms with Crippen LogP contribution in [0.3, 0.4) is 0 Å². The van der Waals surface area contributed by atoms with Gasteiger partial charge in [0.25, 0.3) is 0 Å². The summed E-state index contributed by atoms with van der Waals surface area (Å²) in [5.41, 5.74) is 0. The van der Waals surface area contributed by atoms with Gasteiger partial charge in [-0.05, 0) is 12.8 Å². The third-order valence-corrected chi connectivity index (χ3v) is 9.03. The number of rotatable bonds is 49. The normalized spacial score (nSPS) is 11.4. The van der Waals surface area contributed by atoms with Crippen molar-refractivity contribution in [2.24, 2.45) is 0 Å². The van der Waals surface area contributed by atoms with Crippen molar-refractivity contribution in [1.82, 2.24) is 0 Å². The molecule has 14 nitrogen and oxygen atoms in total. The van der Waals surface area contributed by atoms with Gasteiger partial charge in [0.05, 0.1) is 126 Å². The fourth-order valence-electron chi connectivity index (χ4n) is 5.37. The monoisotopic (exact) mass is 871 g/mol. The fraction of sp³-hybridized carbons (Fsp3) is 1.00. The Morgan fingerprint density at radius 3 is 0.776 bits per heavy atom. The Bertz CT molecular complexity index is 779. The quantitative estimate of drug-likeness (QED) is 0.0394. The average Bonchev–Trinajstić information content (AvgIpc) is 3.19. The minimum absolute atomic E-state index is 0. The van der Waals surface area contributed by atoms with E-state index in [1.54, 1.807) is 0 Å². The van der Waals surface area contributed by atoms with Gasteiger partial charge in [0.2, 0.25) is 10.4 Å². The predicted molar refractivity (Wildman–Crippen MR) is 224 cm³/mol. The molecule has 0 radical (unpaired) electrons. The van der Waals surface area contributed by atoms with E-state index in [0.717, 1.165) is 25.9 Å². The van der Waals surface area contributed by atoms with E-state index in [0.29, 0.717) is 119 Å². The van der Waals surface area contributed by atoms with Gasteiger partial charge < -0.3 is 52.3 Å². The van der Waals surface area contributed by atoms with Gasteiger partial charge in [0.15, 0.2) is 0 Å². The van der Waals surface area contributed by atoms with Crippen LogP contribution in [0.1, 0.15) is 142 Å². The molecule has 346 valence electrons. The number of aliphatic hydroxyl groups is 1. The van der Waals surface area contributed by atoms with Crippen molar-refractivity contribution in [3.8, 4) is 0 Å². The summed E-state index contributed by atoms with van der Waals surface area (Å²) in [5.74, 6) is 0. The molecule has 0 spiro atoms. The Kier molecular flexibility index (Phi) is 62.2. The zero-order valence-corrected chi connectivity index (χ0v) is 40.3. The van der Waals surface area contributed by atoms with Crippen LogP contribution in [0.4, 0.5) is 0 Å². The molecule has 0 aliphatic rings. The molecule has 0 atom stereocenters. The van der Waals surface area contributed by atoms with Crippen LogP contribution in [0.25, 0.3) is 0 Å². The molecule has 0 aromatic rings. The summed E-state index contributed by atoms with van der Waals surface area (Å²) in [6.07, 6.45) is 25.1. The molecule has 0 bridgehead atoms. The third-order valence-electron chi connectivity index (χ3n) is 8.58. The fourth-order valence-corrected chi connectivity index (χ4v) is 5.69. The second kappa shape index (κ2) is 57.5. The van der Waals surface area contributed by atoms with Crippen molar-refractivity contribution in [2.45, 2.75) is 142 Å². The maximum absolute atomic E-state index is 10.1. The Hall–Kier alpha value is 0.470. The molecule has 16 heteroatoms. The summed E-state index contributed by atoms with van der Waals surface area (Å²) >= 11 is 0. The van der Waals surface area contributed by atoms with Crippen molar-refractivity contribution >= 4 is 10.4 Å². The Morgan fingerprint density at radius 1 is 0.328 bits per heavy atom. The van der Waals surface area contributed by atoms with E-state index in [2.05, 4.69) is 18.0 Å². The summed E-state index contributed by atoms with van der Waals surface area (Å²) in [6.45, 7) is 14.4. The second-order valence-corrected chi connectivity index (χ2v) is 14.9. The first-order chi connectivity index (χ1) is 28.0. The van der Waals surface area contributed by atoms with Crippen LogP contribution in [-0.4, -0.2) is 150 Å². The first-order valence-electron chi connectivity index (χ1n) is 22.4. The standard InChI is InChI=1S/C30H62O10.C12H26O4S.Na/c1-2-3-4-5-6-7-8-9-10-11-13-32-15-17-34-19-21-36-23-25-38-27-29-40-30-28-39-26-24-37-22-20-35-18-16-33-14-12-31;1-2-3-4-5-6-7-8-9-10-11-12-16-17(13,14)15;/h31H,2-30H2,1H3;2-12H2,1H3,(H,13,14,15);/q;;+1/p-1. The summed E-state index contributed by atoms with van der Waals surface area (Å²) in [4.78, 5) is 0. The van der Waals surface area contributed by atoms with E-state index < -0.39 is 10.4 Å². The number of ether oxygens (including phenoxy) is 9. The first kappa shape index (κ1) is 62.8. The molecule has 0 saturated carbocycles. The van der Waals surface area contributed by atoms with E-state index in [1.807, 2.05) is 0 Å². The van der Waals surface area contributed by atoms with Crippen LogP contribution in [0.15, 0.2) is 0 Å². The molecule has 0 aromatic heterocycles. The van der Waals surface area contributed by atoms with E-state index >= 15 is 0 Å². The van der Waals surface area contributed by atoms with Crippen LogP contribution in [0.5, 0.6) is 0 Å². The van der Waals surface area contributed by atoms with Gasteiger partial charge in [-0.2, -0.15) is 0 Å². The molecule has 0 saturated heterocycles. The molecule has 0 fully saturated rings.